The highest BCUT2D eigenvalue weighted by molar-refractivity contribution is 6.31. The fourth-order valence-corrected chi connectivity index (χ4v) is 3.61. The third kappa shape index (κ3) is 4.14. The van der Waals surface area contributed by atoms with Crippen molar-refractivity contribution in [1.29, 1.82) is 0 Å². The van der Waals surface area contributed by atoms with Crippen LogP contribution in [0.1, 0.15) is 18.4 Å². The molecular weight excluding hydrogens is 376 g/mol. The van der Waals surface area contributed by atoms with E-state index in [1.807, 2.05) is 42.6 Å². The van der Waals surface area contributed by atoms with Crippen molar-refractivity contribution in [3.63, 3.8) is 0 Å². The molecule has 0 unspecified atom stereocenters. The fourth-order valence-electron chi connectivity index (χ4n) is 3.41. The van der Waals surface area contributed by atoms with E-state index in [4.69, 9.17) is 11.6 Å². The van der Waals surface area contributed by atoms with Gasteiger partial charge in [0.05, 0.1) is 5.92 Å². The average molecular weight is 397 g/mol. The van der Waals surface area contributed by atoms with Gasteiger partial charge in [-0.05, 0) is 30.5 Å². The molecule has 1 amide bonds. The molecule has 0 radical (unpaired) electrons. The summed E-state index contributed by atoms with van der Waals surface area (Å²) in [6.45, 7) is 1.93. The van der Waals surface area contributed by atoms with Crippen molar-refractivity contribution >= 4 is 23.3 Å². The number of amides is 1. The lowest BCUT2D eigenvalue weighted by Gasteiger charge is -2.33. The summed E-state index contributed by atoms with van der Waals surface area (Å²) in [4.78, 5) is 23.5. The van der Waals surface area contributed by atoms with E-state index >= 15 is 0 Å². The lowest BCUT2D eigenvalue weighted by atomic mass is 9.97. The molecule has 2 aromatic heterocycles. The van der Waals surface area contributed by atoms with Crippen LogP contribution in [0.4, 0.5) is 5.82 Å². The van der Waals surface area contributed by atoms with Crippen LogP contribution < -0.4 is 10.2 Å². The van der Waals surface area contributed by atoms with Gasteiger partial charge in [-0.3, -0.25) is 4.79 Å². The van der Waals surface area contributed by atoms with Gasteiger partial charge in [0, 0.05) is 43.1 Å². The second kappa shape index (κ2) is 8.39. The first-order valence-electron chi connectivity index (χ1n) is 9.29. The van der Waals surface area contributed by atoms with Crippen LogP contribution in [0, 0.1) is 5.92 Å². The van der Waals surface area contributed by atoms with E-state index in [1.54, 1.807) is 10.9 Å². The van der Waals surface area contributed by atoms with Crippen LogP contribution in [0.3, 0.4) is 0 Å². The smallest absolute Gasteiger partial charge is 0.225 e. The van der Waals surface area contributed by atoms with E-state index in [0.717, 1.165) is 30.8 Å². The zero-order chi connectivity index (χ0) is 19.3. The number of nitrogens with one attached hydrogen (secondary N) is 1. The number of anilines is 1. The molecule has 0 aliphatic carbocycles. The maximum absolute atomic E-state index is 12.7. The molecule has 3 aromatic rings. The lowest BCUT2D eigenvalue weighted by molar-refractivity contribution is -0.125. The predicted octanol–water partition coefficient (Wildman–Crippen LogP) is 2.85. The molecule has 28 heavy (non-hydrogen) atoms. The summed E-state index contributed by atoms with van der Waals surface area (Å²) in [5.41, 5.74) is 0.921. The zero-order valence-corrected chi connectivity index (χ0v) is 16.1. The van der Waals surface area contributed by atoms with Crippen molar-refractivity contribution in [3.05, 3.63) is 65.7 Å². The summed E-state index contributed by atoms with van der Waals surface area (Å²) in [5.74, 6) is 1.48. The number of carbonyl (C=O) groups is 1. The normalized spacial score (nSPS) is 16.8. The second-order valence-corrected chi connectivity index (χ2v) is 7.19. The molecule has 1 saturated heterocycles. The number of halogens is 1. The molecule has 1 N–H and O–H groups in total. The number of aromatic nitrogens is 4. The molecule has 1 aliphatic heterocycles. The van der Waals surface area contributed by atoms with Gasteiger partial charge in [-0.15, -0.1) is 0 Å². The Balaban J connectivity index is 1.41. The molecule has 3 heterocycles. The van der Waals surface area contributed by atoms with E-state index in [2.05, 4.69) is 25.3 Å². The summed E-state index contributed by atoms with van der Waals surface area (Å²) in [7, 11) is 0. The number of piperidine rings is 1. The Hall–Kier alpha value is -2.93. The van der Waals surface area contributed by atoms with Crippen molar-refractivity contribution < 1.29 is 4.79 Å². The van der Waals surface area contributed by atoms with Crippen LogP contribution in [0.15, 0.2) is 55.1 Å². The molecule has 144 valence electrons. The first kappa shape index (κ1) is 18.4. The zero-order valence-electron chi connectivity index (χ0n) is 15.3. The van der Waals surface area contributed by atoms with Crippen LogP contribution in [0.25, 0.3) is 5.82 Å². The first-order chi connectivity index (χ1) is 13.7. The van der Waals surface area contributed by atoms with E-state index in [1.165, 1.54) is 6.33 Å². The molecule has 0 spiro atoms. The monoisotopic (exact) mass is 396 g/mol. The van der Waals surface area contributed by atoms with Gasteiger partial charge in [-0.1, -0.05) is 29.8 Å². The number of benzene rings is 1. The number of nitrogens with zero attached hydrogens (tertiary/aromatic N) is 5. The Morgan fingerprint density at radius 2 is 2.07 bits per heavy atom. The van der Waals surface area contributed by atoms with Crippen molar-refractivity contribution in [3.8, 4) is 5.82 Å². The van der Waals surface area contributed by atoms with Crippen LogP contribution in [-0.4, -0.2) is 38.7 Å². The van der Waals surface area contributed by atoms with E-state index in [-0.39, 0.29) is 11.8 Å². The van der Waals surface area contributed by atoms with Crippen LogP contribution in [0.5, 0.6) is 0 Å². The maximum Gasteiger partial charge on any atom is 0.225 e. The summed E-state index contributed by atoms with van der Waals surface area (Å²) < 4.78 is 1.70. The number of hydrogen-bond acceptors (Lipinski definition) is 5. The Kier molecular flexibility index (Phi) is 5.53. The molecule has 1 fully saturated rings. The van der Waals surface area contributed by atoms with Gasteiger partial charge >= 0.3 is 0 Å². The minimum Gasteiger partial charge on any atom is -0.356 e. The predicted molar refractivity (Wildman–Crippen MR) is 107 cm³/mol. The van der Waals surface area contributed by atoms with Crippen molar-refractivity contribution in [2.24, 2.45) is 5.92 Å². The fraction of sp³-hybridized carbons (Fsp3) is 0.300. The molecular formula is C20H21ClN6O. The highest BCUT2D eigenvalue weighted by Gasteiger charge is 2.26. The second-order valence-electron chi connectivity index (χ2n) is 6.78. The van der Waals surface area contributed by atoms with Crippen molar-refractivity contribution in [2.75, 3.05) is 18.0 Å². The molecule has 1 aromatic carbocycles. The van der Waals surface area contributed by atoms with Gasteiger partial charge in [-0.25, -0.2) is 14.6 Å². The number of rotatable bonds is 5. The van der Waals surface area contributed by atoms with Gasteiger partial charge in [0.25, 0.3) is 0 Å². The van der Waals surface area contributed by atoms with Gasteiger partial charge in [0.2, 0.25) is 5.91 Å². The largest absolute Gasteiger partial charge is 0.356 e. The van der Waals surface area contributed by atoms with Gasteiger partial charge in [0.1, 0.15) is 12.1 Å². The summed E-state index contributed by atoms with van der Waals surface area (Å²) in [6, 6.07) is 11.3. The van der Waals surface area contributed by atoms with Gasteiger partial charge in [0.15, 0.2) is 5.82 Å². The number of carbonyl (C=O) groups excluding carboxylic acids is 1. The molecule has 1 atom stereocenters. The average Bonchev–Trinajstić information content (AvgIpc) is 3.28. The van der Waals surface area contributed by atoms with Crippen LogP contribution >= 0.6 is 11.6 Å². The molecule has 0 bridgehead atoms. The SMILES string of the molecule is O=C(NCc1ccccc1Cl)[C@H]1CCCN(c2cc(-n3cccn3)ncn2)C1. The quantitative estimate of drug-likeness (QED) is 0.717. The van der Waals surface area contributed by atoms with Gasteiger partial charge in [-0.2, -0.15) is 5.10 Å². The standard InChI is InChI=1S/C20H21ClN6O/c21-17-7-2-1-5-15(17)12-22-20(28)16-6-3-9-26(13-16)18-11-19(24-14-23-18)27-10-4-8-25-27/h1-2,4-5,7-8,10-11,14,16H,3,6,9,12-13H2,(H,22,28)/t16-/m0/s1. The first-order valence-corrected chi connectivity index (χ1v) is 9.66. The molecule has 0 saturated carbocycles. The Morgan fingerprint density at radius 3 is 2.89 bits per heavy atom. The molecule has 7 nitrogen and oxygen atoms in total. The highest BCUT2D eigenvalue weighted by Crippen LogP contribution is 2.23. The van der Waals surface area contributed by atoms with Crippen LogP contribution in [0.2, 0.25) is 5.02 Å². The molecule has 1 aliphatic rings. The minimum absolute atomic E-state index is 0.0472. The number of hydrogen-bond donors (Lipinski definition) is 1. The third-order valence-corrected chi connectivity index (χ3v) is 5.27. The Bertz CT molecular complexity index is 945. The highest BCUT2D eigenvalue weighted by atomic mass is 35.5. The molecule has 8 heteroatoms. The maximum atomic E-state index is 12.7. The Morgan fingerprint density at radius 1 is 1.21 bits per heavy atom. The third-order valence-electron chi connectivity index (χ3n) is 4.90. The topological polar surface area (TPSA) is 75.9 Å². The summed E-state index contributed by atoms with van der Waals surface area (Å²) >= 11 is 6.17. The van der Waals surface area contributed by atoms with E-state index in [9.17, 15) is 4.79 Å². The van der Waals surface area contributed by atoms with E-state index in [0.29, 0.717) is 23.9 Å². The molecule has 4 rings (SSSR count). The van der Waals surface area contributed by atoms with Gasteiger partial charge < -0.3 is 10.2 Å². The summed E-state index contributed by atoms with van der Waals surface area (Å²) in [5, 5.41) is 7.89. The van der Waals surface area contributed by atoms with Crippen molar-refractivity contribution in [2.45, 2.75) is 19.4 Å². The Labute approximate surface area is 168 Å². The summed E-state index contributed by atoms with van der Waals surface area (Å²) in [6.07, 6.45) is 6.88. The lowest BCUT2D eigenvalue weighted by Crippen LogP contribution is -2.43. The van der Waals surface area contributed by atoms with Crippen LogP contribution in [-0.2, 0) is 11.3 Å². The van der Waals surface area contributed by atoms with Crippen molar-refractivity contribution in [1.82, 2.24) is 25.1 Å². The minimum atomic E-state index is -0.0839. The van der Waals surface area contributed by atoms with E-state index < -0.39 is 0 Å².